The van der Waals surface area contributed by atoms with Gasteiger partial charge in [-0.2, -0.15) is 12.1 Å². The summed E-state index contributed by atoms with van der Waals surface area (Å²) in [5.41, 5.74) is 11.4. The molecule has 0 aliphatic rings. The fraction of sp³-hybridized carbons (Fsp3) is 0.385. The Morgan fingerprint density at radius 3 is 1.25 bits per heavy atom. The number of benzene rings is 4. The van der Waals surface area contributed by atoms with E-state index >= 15 is 0 Å². The molecular weight excluding hydrogens is 858 g/mol. The second-order valence-corrected chi connectivity index (χ2v) is 20.1. The Hall–Kier alpha value is -3.43. The standard InChI is InChI=1S/2C23H27.C6H12BN2O2.2ClH.Zr/c2*1-5-17(4)20-10-6-7-11-21(20)22-12-8-9-19-14-18(13-16(2)3)15-23(19)22;1-3-5(10)8-7-9-6(11)4-2;;;/h2*6-12,14-17H,5,13H2,1-4H3;3-4H2,1-2H3,(H,8,10)(H,9,11);2*1H;/q2*-1;;;;+4/p-2. The molecule has 1 radical (unpaired) electrons. The van der Waals surface area contributed by atoms with Gasteiger partial charge in [-0.3, -0.25) is 9.59 Å². The number of nitrogens with one attached hydrogen (secondary N) is 2. The molecule has 0 aliphatic heterocycles. The Balaban J connectivity index is 0.000000247. The third kappa shape index (κ3) is 15.5. The van der Waals surface area contributed by atoms with Crippen LogP contribution in [0.15, 0.2) is 109 Å². The van der Waals surface area contributed by atoms with E-state index in [2.05, 4.69) is 175 Å². The van der Waals surface area contributed by atoms with Crippen LogP contribution in [-0.2, 0) is 43.3 Å². The maximum atomic E-state index is 10.6. The molecule has 6 rings (SSSR count). The van der Waals surface area contributed by atoms with Crippen LogP contribution in [0.25, 0.3) is 43.8 Å². The van der Waals surface area contributed by atoms with E-state index in [-0.39, 0.29) is 11.8 Å². The molecule has 6 aromatic carbocycles. The van der Waals surface area contributed by atoms with Crippen molar-refractivity contribution in [3.8, 4) is 22.3 Å². The first-order chi connectivity index (χ1) is 28.8. The zero-order valence-corrected chi connectivity index (χ0v) is 41.6. The molecule has 6 aromatic rings. The van der Waals surface area contributed by atoms with Crippen LogP contribution in [0.3, 0.4) is 0 Å². The molecule has 0 heterocycles. The van der Waals surface area contributed by atoms with Crippen LogP contribution >= 0.6 is 17.0 Å². The average Bonchev–Trinajstić information content (AvgIpc) is 3.86. The molecule has 2 atom stereocenters. The number of halogens is 2. The summed E-state index contributed by atoms with van der Waals surface area (Å²) in [6, 6.07) is 40.8. The first kappa shape index (κ1) is 50.9. The quantitative estimate of drug-likeness (QED) is 0.0845. The Morgan fingerprint density at radius 1 is 0.567 bits per heavy atom. The van der Waals surface area contributed by atoms with Gasteiger partial charge in [0.15, 0.2) is 0 Å². The van der Waals surface area contributed by atoms with E-state index in [0.717, 1.165) is 12.8 Å². The van der Waals surface area contributed by atoms with E-state index in [4.69, 9.17) is 17.0 Å². The summed E-state index contributed by atoms with van der Waals surface area (Å²) < 4.78 is 0. The molecule has 0 bridgehead atoms. The van der Waals surface area contributed by atoms with Gasteiger partial charge in [-0.25, -0.2) is 0 Å². The van der Waals surface area contributed by atoms with Crippen LogP contribution in [0.4, 0.5) is 0 Å². The minimum absolute atomic E-state index is 0.110. The van der Waals surface area contributed by atoms with Crippen molar-refractivity contribution in [3.63, 3.8) is 0 Å². The normalized spacial score (nSPS) is 11.6. The molecule has 4 nitrogen and oxygen atoms in total. The van der Waals surface area contributed by atoms with Gasteiger partial charge in [0.1, 0.15) is 0 Å². The van der Waals surface area contributed by atoms with E-state index in [1.165, 1.54) is 86.4 Å². The predicted octanol–water partition coefficient (Wildman–Crippen LogP) is 14.8. The molecular formula is C52H66BCl2N2O2Zr. The van der Waals surface area contributed by atoms with Crippen molar-refractivity contribution in [2.75, 3.05) is 0 Å². The Labute approximate surface area is 381 Å². The summed E-state index contributed by atoms with van der Waals surface area (Å²) >= 11 is -0.826. The summed E-state index contributed by atoms with van der Waals surface area (Å²) in [6.07, 6.45) is 5.48. The monoisotopic (exact) mass is 921 g/mol. The molecule has 0 saturated carbocycles. The number of rotatable bonds is 14. The Bertz CT molecular complexity index is 2050. The number of fused-ring (bicyclic) bond motifs is 2. The van der Waals surface area contributed by atoms with Crippen molar-refractivity contribution in [1.29, 1.82) is 0 Å². The van der Waals surface area contributed by atoms with E-state index < -0.39 is 20.8 Å². The Kier molecular flexibility index (Phi) is 22.7. The van der Waals surface area contributed by atoms with Crippen LogP contribution in [0.5, 0.6) is 0 Å². The van der Waals surface area contributed by atoms with Crippen molar-refractivity contribution in [2.24, 2.45) is 11.8 Å². The van der Waals surface area contributed by atoms with Crippen LogP contribution in [-0.4, -0.2) is 19.4 Å². The second kappa shape index (κ2) is 26.8. The third-order valence-electron chi connectivity index (χ3n) is 10.8. The van der Waals surface area contributed by atoms with Gasteiger partial charge in [-0.1, -0.05) is 141 Å². The van der Waals surface area contributed by atoms with Crippen molar-refractivity contribution in [1.82, 2.24) is 10.5 Å². The fourth-order valence-corrected chi connectivity index (χ4v) is 7.43. The van der Waals surface area contributed by atoms with E-state index in [1.54, 1.807) is 13.8 Å². The SMILES string of the molecule is CCC(=O)N[B]NC(=O)CC.CCC(C)c1ccccc1-c1cccc2[cH-]c(CC(C)C)cc12.CCC(C)c1ccccc1-c1cccc2[cH-]c(CC(C)C)cc12.[Cl][Zr+2][Cl]. The van der Waals surface area contributed by atoms with Crippen molar-refractivity contribution >= 4 is 57.9 Å². The topological polar surface area (TPSA) is 58.2 Å². The summed E-state index contributed by atoms with van der Waals surface area (Å²) in [4.78, 5) is 21.2. The van der Waals surface area contributed by atoms with E-state index in [1.807, 2.05) is 0 Å². The molecule has 0 fully saturated rings. The molecule has 317 valence electrons. The molecule has 2 amide bonds. The van der Waals surface area contributed by atoms with Gasteiger partial charge in [0, 0.05) is 12.8 Å². The van der Waals surface area contributed by atoms with Crippen molar-refractivity contribution in [2.45, 2.75) is 120 Å². The van der Waals surface area contributed by atoms with Gasteiger partial charge in [0.2, 0.25) is 11.8 Å². The molecule has 0 spiro atoms. The number of carbonyl (C=O) groups excluding carboxylic acids is 2. The molecule has 8 heteroatoms. The van der Waals surface area contributed by atoms with Gasteiger partial charge in [-0.15, -0.1) is 69.1 Å². The Morgan fingerprint density at radius 2 is 0.917 bits per heavy atom. The predicted molar refractivity (Wildman–Crippen MR) is 259 cm³/mol. The molecule has 0 aromatic heterocycles. The third-order valence-corrected chi connectivity index (χ3v) is 10.8. The molecule has 60 heavy (non-hydrogen) atoms. The van der Waals surface area contributed by atoms with Gasteiger partial charge < -0.3 is 10.5 Å². The minimum atomic E-state index is -0.826. The average molecular weight is 924 g/mol. The molecule has 2 unspecified atom stereocenters. The number of carbonyl (C=O) groups is 2. The molecule has 0 saturated heterocycles. The molecule has 2 N–H and O–H groups in total. The van der Waals surface area contributed by atoms with Crippen molar-refractivity contribution < 1.29 is 30.4 Å². The molecule has 0 aliphatic carbocycles. The number of amides is 2. The first-order valence-corrected chi connectivity index (χ1v) is 28.1. The van der Waals surface area contributed by atoms with Gasteiger partial charge in [0.25, 0.3) is 0 Å². The van der Waals surface area contributed by atoms with Crippen LogP contribution < -0.4 is 10.5 Å². The maximum absolute atomic E-state index is 10.6. The zero-order valence-electron chi connectivity index (χ0n) is 37.6. The summed E-state index contributed by atoms with van der Waals surface area (Å²) in [7, 11) is 11.1. The summed E-state index contributed by atoms with van der Waals surface area (Å²) in [5, 5.41) is 10.4. The summed E-state index contributed by atoms with van der Waals surface area (Å²) in [5.74, 6) is 2.35. The van der Waals surface area contributed by atoms with Crippen molar-refractivity contribution in [3.05, 3.63) is 131 Å². The van der Waals surface area contributed by atoms with Crippen LogP contribution in [0, 0.1) is 11.8 Å². The van der Waals surface area contributed by atoms with Crippen LogP contribution in [0.1, 0.15) is 129 Å². The van der Waals surface area contributed by atoms with E-state index in [0.29, 0.717) is 36.5 Å². The van der Waals surface area contributed by atoms with Crippen LogP contribution in [0.2, 0.25) is 0 Å². The number of hydrogen-bond acceptors (Lipinski definition) is 2. The van der Waals surface area contributed by atoms with Gasteiger partial charge in [-0.05, 0) is 71.6 Å². The number of hydrogen-bond donors (Lipinski definition) is 2. The first-order valence-electron chi connectivity index (χ1n) is 21.7. The van der Waals surface area contributed by atoms with Gasteiger partial charge >= 0.3 is 45.4 Å². The summed E-state index contributed by atoms with van der Waals surface area (Å²) in [6.45, 7) is 21.8. The fourth-order valence-electron chi connectivity index (χ4n) is 7.43. The second-order valence-electron chi connectivity index (χ2n) is 16.4. The zero-order chi connectivity index (χ0) is 44.2. The van der Waals surface area contributed by atoms with E-state index in [9.17, 15) is 9.59 Å². The van der Waals surface area contributed by atoms with Gasteiger partial charge in [0.05, 0.1) is 0 Å².